The molecule has 2 aromatic carbocycles. The summed E-state index contributed by atoms with van der Waals surface area (Å²) in [6, 6.07) is 17.2. The minimum absolute atomic E-state index is 0.00912. The predicted molar refractivity (Wildman–Crippen MR) is 95.1 cm³/mol. The number of amides is 2. The maximum atomic E-state index is 12.7. The highest BCUT2D eigenvalue weighted by molar-refractivity contribution is 5.83. The highest BCUT2D eigenvalue weighted by atomic mass is 16.5. The normalized spacial score (nSPS) is 19.6. The van der Waals surface area contributed by atoms with Crippen molar-refractivity contribution < 1.29 is 14.3 Å². The molecule has 1 saturated heterocycles. The monoisotopic (exact) mass is 338 g/mol. The third-order valence-electron chi connectivity index (χ3n) is 4.78. The highest BCUT2D eigenvalue weighted by Crippen LogP contribution is 2.32. The van der Waals surface area contributed by atoms with E-state index in [9.17, 15) is 9.59 Å². The maximum Gasteiger partial charge on any atom is 0.227 e. The lowest BCUT2D eigenvalue weighted by molar-refractivity contribution is -0.129. The van der Waals surface area contributed by atoms with E-state index in [0.717, 1.165) is 16.9 Å². The number of primary amides is 1. The maximum absolute atomic E-state index is 12.7. The average molecular weight is 338 g/mol. The Morgan fingerprint density at radius 1 is 1.08 bits per heavy atom. The van der Waals surface area contributed by atoms with E-state index < -0.39 is 0 Å². The summed E-state index contributed by atoms with van der Waals surface area (Å²) in [5.74, 6) is 0.0273. The van der Waals surface area contributed by atoms with Gasteiger partial charge in [0.1, 0.15) is 5.75 Å². The van der Waals surface area contributed by atoms with E-state index in [1.807, 2.05) is 54.6 Å². The van der Waals surface area contributed by atoms with Crippen molar-refractivity contribution in [2.24, 2.45) is 11.7 Å². The van der Waals surface area contributed by atoms with Crippen molar-refractivity contribution in [1.82, 2.24) is 4.90 Å². The minimum atomic E-state index is -0.353. The number of methoxy groups -OCH3 is 1. The van der Waals surface area contributed by atoms with Crippen LogP contribution >= 0.6 is 0 Å². The Labute approximate surface area is 147 Å². The smallest absolute Gasteiger partial charge is 0.227 e. The van der Waals surface area contributed by atoms with Gasteiger partial charge in [-0.05, 0) is 23.3 Å². The third-order valence-corrected chi connectivity index (χ3v) is 4.78. The Morgan fingerprint density at radius 2 is 1.76 bits per heavy atom. The van der Waals surface area contributed by atoms with Gasteiger partial charge >= 0.3 is 0 Å². The number of rotatable bonds is 5. The molecule has 0 aliphatic carbocycles. The first kappa shape index (κ1) is 17.0. The molecule has 0 saturated carbocycles. The fraction of sp³-hybridized carbons (Fsp3) is 0.300. The van der Waals surface area contributed by atoms with Gasteiger partial charge in [-0.1, -0.05) is 42.5 Å². The lowest BCUT2D eigenvalue weighted by Gasteiger charge is -2.17. The molecule has 2 amide bonds. The second-order valence-corrected chi connectivity index (χ2v) is 6.35. The molecule has 25 heavy (non-hydrogen) atoms. The van der Waals surface area contributed by atoms with Gasteiger partial charge in [-0.25, -0.2) is 0 Å². The molecule has 2 aromatic rings. The number of carbonyl (C=O) groups excluding carboxylic acids is 2. The van der Waals surface area contributed by atoms with E-state index in [2.05, 4.69) is 0 Å². The Bertz CT molecular complexity index is 743. The van der Waals surface area contributed by atoms with Crippen molar-refractivity contribution in [2.45, 2.75) is 12.3 Å². The second kappa shape index (κ2) is 7.38. The largest absolute Gasteiger partial charge is 0.497 e. The van der Waals surface area contributed by atoms with Gasteiger partial charge in [-0.2, -0.15) is 0 Å². The summed E-state index contributed by atoms with van der Waals surface area (Å²) in [5.41, 5.74) is 7.55. The number of likely N-dealkylation sites (tertiary alicyclic amines) is 1. The van der Waals surface area contributed by atoms with E-state index in [0.29, 0.717) is 19.5 Å². The molecule has 0 bridgehead atoms. The van der Waals surface area contributed by atoms with E-state index in [-0.39, 0.29) is 23.7 Å². The van der Waals surface area contributed by atoms with Crippen LogP contribution in [0, 0.1) is 5.92 Å². The van der Waals surface area contributed by atoms with Crippen LogP contribution < -0.4 is 10.5 Å². The van der Waals surface area contributed by atoms with Crippen molar-refractivity contribution in [3.8, 4) is 5.75 Å². The van der Waals surface area contributed by atoms with Crippen LogP contribution in [0.25, 0.3) is 0 Å². The van der Waals surface area contributed by atoms with Crippen molar-refractivity contribution in [2.75, 3.05) is 20.2 Å². The molecule has 1 heterocycles. The van der Waals surface area contributed by atoms with Gasteiger partial charge in [0.05, 0.1) is 19.4 Å². The first-order valence-electron chi connectivity index (χ1n) is 8.33. The van der Waals surface area contributed by atoms with E-state index in [1.165, 1.54) is 0 Å². The molecule has 0 aromatic heterocycles. The molecule has 130 valence electrons. The van der Waals surface area contributed by atoms with Gasteiger partial charge in [0.2, 0.25) is 11.8 Å². The molecule has 0 spiro atoms. The molecule has 1 aliphatic heterocycles. The summed E-state index contributed by atoms with van der Waals surface area (Å²) >= 11 is 0. The molecule has 2 atom stereocenters. The molecular formula is C20H22N2O3. The van der Waals surface area contributed by atoms with Gasteiger partial charge in [0.15, 0.2) is 0 Å². The molecule has 1 aliphatic rings. The van der Waals surface area contributed by atoms with Crippen LogP contribution in [0.5, 0.6) is 5.75 Å². The van der Waals surface area contributed by atoms with Crippen molar-refractivity contribution in [3.05, 3.63) is 65.7 Å². The number of benzene rings is 2. The van der Waals surface area contributed by atoms with E-state index in [1.54, 1.807) is 12.0 Å². The van der Waals surface area contributed by atoms with E-state index in [4.69, 9.17) is 10.5 Å². The van der Waals surface area contributed by atoms with Crippen LogP contribution in [0.3, 0.4) is 0 Å². The molecule has 0 unspecified atom stereocenters. The van der Waals surface area contributed by atoms with Crippen LogP contribution in [0.15, 0.2) is 54.6 Å². The third kappa shape index (κ3) is 3.82. The molecule has 0 radical (unpaired) electrons. The number of carbonyl (C=O) groups is 2. The SMILES string of the molecule is COc1ccc(CC(=O)N2C[C@H](C(N)=O)[C@@H](c3ccccc3)C2)cc1. The topological polar surface area (TPSA) is 72.6 Å². The fourth-order valence-corrected chi connectivity index (χ4v) is 3.36. The summed E-state index contributed by atoms with van der Waals surface area (Å²) in [7, 11) is 1.61. The second-order valence-electron chi connectivity index (χ2n) is 6.35. The Morgan fingerprint density at radius 3 is 2.36 bits per heavy atom. The van der Waals surface area contributed by atoms with Crippen LogP contribution in [0.1, 0.15) is 17.0 Å². The lowest BCUT2D eigenvalue weighted by atomic mass is 9.89. The molecule has 2 N–H and O–H groups in total. The fourth-order valence-electron chi connectivity index (χ4n) is 3.36. The number of nitrogens with two attached hydrogens (primary N) is 1. The van der Waals surface area contributed by atoms with Crippen molar-refractivity contribution in [3.63, 3.8) is 0 Å². The summed E-state index contributed by atoms with van der Waals surface area (Å²) in [4.78, 5) is 26.3. The zero-order chi connectivity index (χ0) is 17.8. The Kier molecular flexibility index (Phi) is 5.03. The summed E-state index contributed by atoms with van der Waals surface area (Å²) < 4.78 is 5.13. The van der Waals surface area contributed by atoms with Gasteiger partial charge in [-0.3, -0.25) is 9.59 Å². The van der Waals surface area contributed by atoms with Crippen molar-refractivity contribution >= 4 is 11.8 Å². The highest BCUT2D eigenvalue weighted by Gasteiger charge is 2.39. The number of hydrogen-bond donors (Lipinski definition) is 1. The molecule has 1 fully saturated rings. The Hall–Kier alpha value is -2.82. The first-order valence-corrected chi connectivity index (χ1v) is 8.33. The van der Waals surface area contributed by atoms with Gasteiger partial charge < -0.3 is 15.4 Å². The molecule has 5 heteroatoms. The molecule has 5 nitrogen and oxygen atoms in total. The predicted octanol–water partition coefficient (Wildman–Crippen LogP) is 1.97. The first-order chi connectivity index (χ1) is 12.1. The quantitative estimate of drug-likeness (QED) is 0.906. The van der Waals surface area contributed by atoms with Gasteiger partial charge in [0.25, 0.3) is 0 Å². The van der Waals surface area contributed by atoms with Gasteiger partial charge in [-0.15, -0.1) is 0 Å². The Balaban J connectivity index is 1.71. The summed E-state index contributed by atoms with van der Waals surface area (Å²) in [6.45, 7) is 0.899. The zero-order valence-electron chi connectivity index (χ0n) is 14.2. The van der Waals surface area contributed by atoms with Crippen LogP contribution in [0.2, 0.25) is 0 Å². The minimum Gasteiger partial charge on any atom is -0.497 e. The number of hydrogen-bond acceptors (Lipinski definition) is 3. The average Bonchev–Trinajstić information content (AvgIpc) is 3.09. The van der Waals surface area contributed by atoms with Crippen LogP contribution in [-0.4, -0.2) is 36.9 Å². The number of ether oxygens (including phenoxy) is 1. The summed E-state index contributed by atoms with van der Waals surface area (Å²) in [6.07, 6.45) is 0.303. The van der Waals surface area contributed by atoms with Gasteiger partial charge in [0, 0.05) is 19.0 Å². The van der Waals surface area contributed by atoms with Crippen molar-refractivity contribution in [1.29, 1.82) is 0 Å². The lowest BCUT2D eigenvalue weighted by Crippen LogP contribution is -2.32. The van der Waals surface area contributed by atoms with Crippen LogP contribution in [-0.2, 0) is 16.0 Å². The zero-order valence-corrected chi connectivity index (χ0v) is 14.2. The summed E-state index contributed by atoms with van der Waals surface area (Å²) in [5, 5.41) is 0. The number of nitrogens with zero attached hydrogens (tertiary/aromatic N) is 1. The molecular weight excluding hydrogens is 316 g/mol. The standard InChI is InChI=1S/C20H22N2O3/c1-25-16-9-7-14(8-10-16)11-19(23)22-12-17(18(13-22)20(21)24)15-5-3-2-4-6-15/h2-10,17-18H,11-13H2,1H3,(H2,21,24)/t17-,18+/m1/s1. The van der Waals surface area contributed by atoms with Crippen LogP contribution in [0.4, 0.5) is 0 Å². The molecule has 3 rings (SSSR count). The van der Waals surface area contributed by atoms with E-state index >= 15 is 0 Å².